The van der Waals surface area contributed by atoms with Gasteiger partial charge in [-0.25, -0.2) is 0 Å². The van der Waals surface area contributed by atoms with Gasteiger partial charge in [-0.15, -0.1) is 0 Å². The van der Waals surface area contributed by atoms with Gasteiger partial charge in [-0.1, -0.05) is 70.4 Å². The van der Waals surface area contributed by atoms with Crippen molar-refractivity contribution in [1.82, 2.24) is 0 Å². The SMILES string of the molecule is CCCCCCN=C(Cc1ccccc1)C1=C(O)CC(C)(C)CC1=O. The molecule has 1 N–H and O–H groups in total. The summed E-state index contributed by atoms with van der Waals surface area (Å²) in [5.74, 6) is 0.237. The molecule has 1 aromatic carbocycles. The third-order valence-electron chi connectivity index (χ3n) is 4.67. The first kappa shape index (κ1) is 19.4. The van der Waals surface area contributed by atoms with Crippen molar-refractivity contribution in [1.29, 1.82) is 0 Å². The maximum absolute atomic E-state index is 12.7. The third-order valence-corrected chi connectivity index (χ3v) is 4.67. The molecule has 136 valence electrons. The normalized spacial score (nSPS) is 17.9. The van der Waals surface area contributed by atoms with Crippen molar-refractivity contribution in [3.63, 3.8) is 0 Å². The molecule has 0 saturated heterocycles. The van der Waals surface area contributed by atoms with Gasteiger partial charge in [-0.3, -0.25) is 9.79 Å². The quantitative estimate of drug-likeness (QED) is 0.505. The lowest BCUT2D eigenvalue weighted by molar-refractivity contribution is -0.117. The highest BCUT2D eigenvalue weighted by Gasteiger charge is 2.34. The first-order chi connectivity index (χ1) is 11.9. The van der Waals surface area contributed by atoms with E-state index in [1.807, 2.05) is 44.2 Å². The van der Waals surface area contributed by atoms with Crippen molar-refractivity contribution in [3.8, 4) is 0 Å². The topological polar surface area (TPSA) is 49.7 Å². The third kappa shape index (κ3) is 5.84. The van der Waals surface area contributed by atoms with Crippen LogP contribution >= 0.6 is 0 Å². The van der Waals surface area contributed by atoms with Crippen molar-refractivity contribution in [3.05, 3.63) is 47.2 Å². The smallest absolute Gasteiger partial charge is 0.168 e. The molecule has 0 spiro atoms. The summed E-state index contributed by atoms with van der Waals surface area (Å²) in [6.07, 6.45) is 6.20. The van der Waals surface area contributed by atoms with Crippen LogP contribution in [-0.4, -0.2) is 23.1 Å². The summed E-state index contributed by atoms with van der Waals surface area (Å²) in [7, 11) is 0. The van der Waals surface area contributed by atoms with Crippen molar-refractivity contribution in [2.75, 3.05) is 6.54 Å². The van der Waals surface area contributed by atoms with Gasteiger partial charge < -0.3 is 5.11 Å². The van der Waals surface area contributed by atoms with Gasteiger partial charge in [0.15, 0.2) is 5.78 Å². The number of allylic oxidation sites excluding steroid dienone is 2. The molecule has 0 fully saturated rings. The Morgan fingerprint density at radius 3 is 2.48 bits per heavy atom. The first-order valence-corrected chi connectivity index (χ1v) is 9.46. The van der Waals surface area contributed by atoms with Crippen molar-refractivity contribution < 1.29 is 9.90 Å². The van der Waals surface area contributed by atoms with Gasteiger partial charge in [0, 0.05) is 25.8 Å². The number of hydrogen-bond acceptors (Lipinski definition) is 3. The van der Waals surface area contributed by atoms with Crippen LogP contribution in [0.1, 0.15) is 64.9 Å². The second kappa shape index (κ2) is 8.98. The fourth-order valence-corrected chi connectivity index (χ4v) is 3.38. The van der Waals surface area contributed by atoms with Gasteiger partial charge in [0.05, 0.1) is 11.3 Å². The van der Waals surface area contributed by atoms with E-state index in [1.54, 1.807) is 0 Å². The molecule has 3 nitrogen and oxygen atoms in total. The van der Waals surface area contributed by atoms with Gasteiger partial charge in [0.2, 0.25) is 0 Å². The predicted molar refractivity (Wildman–Crippen MR) is 104 cm³/mol. The molecule has 0 heterocycles. The van der Waals surface area contributed by atoms with Crippen LogP contribution in [0.4, 0.5) is 0 Å². The minimum atomic E-state index is -0.177. The number of aliphatic hydroxyl groups is 1. The molecule has 0 unspecified atom stereocenters. The van der Waals surface area contributed by atoms with E-state index >= 15 is 0 Å². The van der Waals surface area contributed by atoms with E-state index in [1.165, 1.54) is 12.8 Å². The van der Waals surface area contributed by atoms with Crippen molar-refractivity contribution in [2.24, 2.45) is 10.4 Å². The molecule has 0 saturated carbocycles. The number of Topliss-reactive ketones (excluding diaryl/α,β-unsaturated/α-hetero) is 1. The van der Waals surface area contributed by atoms with E-state index in [9.17, 15) is 9.90 Å². The van der Waals surface area contributed by atoms with E-state index in [-0.39, 0.29) is 17.0 Å². The Balaban J connectivity index is 2.24. The Bertz CT molecular complexity index is 641. The monoisotopic (exact) mass is 341 g/mol. The molecular weight excluding hydrogens is 310 g/mol. The second-order valence-electron chi connectivity index (χ2n) is 7.81. The number of unbranched alkanes of at least 4 members (excludes halogenated alkanes) is 3. The summed E-state index contributed by atoms with van der Waals surface area (Å²) >= 11 is 0. The van der Waals surface area contributed by atoms with Gasteiger partial charge in [0.25, 0.3) is 0 Å². The van der Waals surface area contributed by atoms with Crippen LogP contribution in [0.3, 0.4) is 0 Å². The molecule has 0 aromatic heterocycles. The number of ketones is 1. The van der Waals surface area contributed by atoms with Crippen LogP contribution < -0.4 is 0 Å². The number of benzene rings is 1. The van der Waals surface area contributed by atoms with E-state index in [2.05, 4.69) is 6.92 Å². The lowest BCUT2D eigenvalue weighted by atomic mass is 9.75. The molecule has 0 aliphatic heterocycles. The standard InChI is InChI=1S/C22H31NO2/c1-4-5-6-10-13-23-18(14-17-11-8-7-9-12-17)21-19(24)15-22(2,3)16-20(21)25/h7-9,11-12,24H,4-6,10,13-16H2,1-3H3. The van der Waals surface area contributed by atoms with Crippen molar-refractivity contribution >= 4 is 11.5 Å². The van der Waals surface area contributed by atoms with Crippen LogP contribution in [0.5, 0.6) is 0 Å². The average molecular weight is 341 g/mol. The fourth-order valence-electron chi connectivity index (χ4n) is 3.38. The second-order valence-corrected chi connectivity index (χ2v) is 7.81. The maximum atomic E-state index is 12.7. The summed E-state index contributed by atoms with van der Waals surface area (Å²) < 4.78 is 0. The number of aliphatic hydroxyl groups excluding tert-OH is 1. The number of hydrogen-bond donors (Lipinski definition) is 1. The number of carbonyl (C=O) groups excluding carboxylic acids is 1. The van der Waals surface area contributed by atoms with Crippen molar-refractivity contribution in [2.45, 2.75) is 65.7 Å². The Labute approximate surface area is 151 Å². The molecule has 1 aliphatic carbocycles. The van der Waals surface area contributed by atoms with Gasteiger partial charge in [0.1, 0.15) is 5.76 Å². The summed E-state index contributed by atoms with van der Waals surface area (Å²) in [6, 6.07) is 10.1. The molecule has 25 heavy (non-hydrogen) atoms. The molecule has 2 rings (SSSR count). The van der Waals surface area contributed by atoms with E-state index in [0.717, 1.165) is 30.7 Å². The molecule has 3 heteroatoms. The van der Waals surface area contributed by atoms with Crippen LogP contribution in [0, 0.1) is 5.41 Å². The molecule has 1 aliphatic rings. The molecule has 1 aromatic rings. The Morgan fingerprint density at radius 2 is 1.84 bits per heavy atom. The van der Waals surface area contributed by atoms with E-state index in [4.69, 9.17) is 4.99 Å². The number of nitrogens with zero attached hydrogens (tertiary/aromatic N) is 1. The Morgan fingerprint density at radius 1 is 1.12 bits per heavy atom. The molecule has 0 radical (unpaired) electrons. The van der Waals surface area contributed by atoms with Crippen LogP contribution in [0.25, 0.3) is 0 Å². The zero-order valence-electron chi connectivity index (χ0n) is 15.8. The Kier molecular flexibility index (Phi) is 6.98. The van der Waals surface area contributed by atoms with E-state index < -0.39 is 0 Å². The van der Waals surface area contributed by atoms with E-state index in [0.29, 0.717) is 24.8 Å². The molecule has 0 bridgehead atoms. The highest BCUT2D eigenvalue weighted by atomic mass is 16.3. The lowest BCUT2D eigenvalue weighted by Gasteiger charge is -2.30. The molecular formula is C22H31NO2. The highest BCUT2D eigenvalue weighted by Crippen LogP contribution is 2.36. The largest absolute Gasteiger partial charge is 0.511 e. The number of rotatable bonds is 8. The lowest BCUT2D eigenvalue weighted by Crippen LogP contribution is -2.30. The fraction of sp³-hybridized carbons (Fsp3) is 0.545. The number of carbonyl (C=O) groups is 1. The number of aliphatic imine (C=N–C) groups is 1. The maximum Gasteiger partial charge on any atom is 0.168 e. The highest BCUT2D eigenvalue weighted by molar-refractivity contribution is 6.23. The molecule has 0 atom stereocenters. The molecule has 0 amide bonds. The van der Waals surface area contributed by atoms with Crippen LogP contribution in [0.2, 0.25) is 0 Å². The van der Waals surface area contributed by atoms with Crippen LogP contribution in [0.15, 0.2) is 46.7 Å². The summed E-state index contributed by atoms with van der Waals surface area (Å²) in [5, 5.41) is 10.5. The zero-order valence-corrected chi connectivity index (χ0v) is 15.8. The summed E-state index contributed by atoms with van der Waals surface area (Å²) in [4.78, 5) is 17.4. The summed E-state index contributed by atoms with van der Waals surface area (Å²) in [6.45, 7) is 6.96. The van der Waals surface area contributed by atoms with Gasteiger partial charge in [-0.05, 0) is 17.4 Å². The minimum Gasteiger partial charge on any atom is -0.511 e. The summed E-state index contributed by atoms with van der Waals surface area (Å²) in [5.41, 5.74) is 2.16. The van der Waals surface area contributed by atoms with Gasteiger partial charge >= 0.3 is 0 Å². The zero-order chi connectivity index (χ0) is 18.3. The van der Waals surface area contributed by atoms with Crippen LogP contribution in [-0.2, 0) is 11.2 Å². The first-order valence-electron chi connectivity index (χ1n) is 9.46. The predicted octanol–water partition coefficient (Wildman–Crippen LogP) is 5.45. The van der Waals surface area contributed by atoms with Gasteiger partial charge in [-0.2, -0.15) is 0 Å². The average Bonchev–Trinajstić information content (AvgIpc) is 2.53. The Hall–Kier alpha value is -1.90. The minimum absolute atomic E-state index is 0.0250.